The summed E-state index contributed by atoms with van der Waals surface area (Å²) in [5.41, 5.74) is 16.9. The van der Waals surface area contributed by atoms with E-state index in [1.807, 2.05) is 11.3 Å². The Morgan fingerprint density at radius 1 is 0.413 bits per heavy atom. The summed E-state index contributed by atoms with van der Waals surface area (Å²) in [6, 6.07) is 76.2. The number of hydrogen-bond acceptors (Lipinski definition) is 2. The van der Waals surface area contributed by atoms with Crippen LogP contribution in [0.2, 0.25) is 0 Å². The molecule has 0 atom stereocenters. The predicted octanol–water partition coefficient (Wildman–Crippen LogP) is 16.5. The molecular weight excluding hydrogens is 783 g/mol. The third-order valence-corrected chi connectivity index (χ3v) is 14.7. The van der Waals surface area contributed by atoms with Crippen LogP contribution in [0.5, 0.6) is 0 Å². The van der Waals surface area contributed by atoms with Crippen LogP contribution in [-0.4, -0.2) is 9.13 Å². The highest BCUT2D eigenvalue weighted by atomic mass is 32.1. The van der Waals surface area contributed by atoms with Gasteiger partial charge in [0.2, 0.25) is 0 Å². The van der Waals surface area contributed by atoms with Gasteiger partial charge in [-0.05, 0) is 130 Å². The van der Waals surface area contributed by atoms with Crippen LogP contribution in [0.15, 0.2) is 212 Å². The van der Waals surface area contributed by atoms with Gasteiger partial charge in [0, 0.05) is 76.4 Å². The van der Waals surface area contributed by atoms with Crippen LogP contribution in [0.25, 0.3) is 86.5 Å². The maximum atomic E-state index is 2.48. The van der Waals surface area contributed by atoms with E-state index >= 15 is 0 Å². The maximum Gasteiger partial charge on any atom is 0.0562 e. The van der Waals surface area contributed by atoms with Gasteiger partial charge in [-0.3, -0.25) is 0 Å². The smallest absolute Gasteiger partial charge is 0.0562 e. The second kappa shape index (κ2) is 13.7. The van der Waals surface area contributed by atoms with E-state index in [0.717, 1.165) is 28.4 Å². The van der Waals surface area contributed by atoms with Gasteiger partial charge in [-0.15, -0.1) is 11.3 Å². The molecule has 3 nitrogen and oxygen atoms in total. The Balaban J connectivity index is 0.999. The van der Waals surface area contributed by atoms with Crippen molar-refractivity contribution in [3.8, 4) is 33.6 Å². The molecule has 0 unspecified atom stereocenters. The zero-order valence-corrected chi connectivity index (χ0v) is 35.8. The van der Waals surface area contributed by atoms with Crippen molar-refractivity contribution in [2.24, 2.45) is 0 Å². The average molecular weight is 824 g/mol. The number of nitrogens with zero attached hydrogens (tertiary/aromatic N) is 3. The number of anilines is 3. The predicted molar refractivity (Wildman–Crippen MR) is 268 cm³/mol. The highest BCUT2D eigenvalue weighted by Crippen LogP contribution is 2.51. The van der Waals surface area contributed by atoms with Crippen LogP contribution in [0, 0.1) is 0 Å². The van der Waals surface area contributed by atoms with Crippen molar-refractivity contribution in [2.75, 3.05) is 4.90 Å². The molecule has 3 heterocycles. The molecular formula is C59H41N3S. The van der Waals surface area contributed by atoms with Gasteiger partial charge in [0.1, 0.15) is 0 Å². The third kappa shape index (κ3) is 5.51. The van der Waals surface area contributed by atoms with Gasteiger partial charge in [-0.2, -0.15) is 0 Å². The van der Waals surface area contributed by atoms with Gasteiger partial charge in [0.25, 0.3) is 0 Å². The Morgan fingerprint density at radius 3 is 1.86 bits per heavy atom. The lowest BCUT2D eigenvalue weighted by atomic mass is 9.82. The second-order valence-corrected chi connectivity index (χ2v) is 18.5. The fraction of sp³-hybridized carbons (Fsp3) is 0.0508. The Labute approximate surface area is 370 Å². The first-order valence-corrected chi connectivity index (χ1v) is 22.6. The molecule has 9 aromatic carbocycles. The largest absolute Gasteiger partial charge is 0.316 e. The Bertz CT molecular complexity index is 3740. The van der Waals surface area contributed by atoms with E-state index < -0.39 is 0 Å². The van der Waals surface area contributed by atoms with Gasteiger partial charge in [-0.1, -0.05) is 123 Å². The molecule has 0 N–H and O–H groups in total. The Morgan fingerprint density at radius 2 is 1.05 bits per heavy atom. The van der Waals surface area contributed by atoms with Crippen molar-refractivity contribution in [1.82, 2.24) is 9.13 Å². The van der Waals surface area contributed by atoms with Crippen LogP contribution in [-0.2, 0) is 5.41 Å². The van der Waals surface area contributed by atoms with Gasteiger partial charge < -0.3 is 14.0 Å². The zero-order chi connectivity index (χ0) is 41.8. The molecule has 0 spiro atoms. The molecule has 12 aromatic rings. The molecule has 0 fully saturated rings. The molecule has 4 heteroatoms. The number of benzene rings is 9. The minimum atomic E-state index is -0.114. The number of thiophene rings is 1. The summed E-state index contributed by atoms with van der Waals surface area (Å²) in [6.45, 7) is 4.72. The lowest BCUT2D eigenvalue weighted by Crippen LogP contribution is -2.16. The number of para-hydroxylation sites is 1. The van der Waals surface area contributed by atoms with Crippen LogP contribution in [0.3, 0.4) is 0 Å². The summed E-state index contributed by atoms with van der Waals surface area (Å²) in [4.78, 5) is 2.42. The van der Waals surface area contributed by atoms with E-state index in [1.54, 1.807) is 0 Å². The van der Waals surface area contributed by atoms with E-state index in [9.17, 15) is 0 Å². The first-order valence-electron chi connectivity index (χ1n) is 21.7. The molecule has 13 rings (SSSR count). The lowest BCUT2D eigenvalue weighted by molar-refractivity contribution is 0.660. The average Bonchev–Trinajstić information content (AvgIpc) is 4.07. The van der Waals surface area contributed by atoms with E-state index in [4.69, 9.17) is 0 Å². The summed E-state index contributed by atoms with van der Waals surface area (Å²) in [7, 11) is 0. The molecule has 0 saturated carbocycles. The minimum Gasteiger partial charge on any atom is -0.316 e. The number of fused-ring (bicyclic) bond motifs is 10. The van der Waals surface area contributed by atoms with Crippen molar-refractivity contribution < 1.29 is 0 Å². The first-order chi connectivity index (χ1) is 31.0. The van der Waals surface area contributed by atoms with Crippen LogP contribution in [0.1, 0.15) is 25.0 Å². The molecule has 298 valence electrons. The van der Waals surface area contributed by atoms with Gasteiger partial charge in [-0.25, -0.2) is 0 Å². The third-order valence-electron chi connectivity index (χ3n) is 13.5. The van der Waals surface area contributed by atoms with Crippen molar-refractivity contribution in [1.29, 1.82) is 0 Å². The summed E-state index contributed by atoms with van der Waals surface area (Å²) in [6.07, 6.45) is 2.20. The number of hydrogen-bond donors (Lipinski definition) is 0. The minimum absolute atomic E-state index is 0.114. The molecule has 0 radical (unpaired) electrons. The van der Waals surface area contributed by atoms with Crippen molar-refractivity contribution in [3.05, 3.63) is 224 Å². The molecule has 3 aromatic heterocycles. The topological polar surface area (TPSA) is 13.1 Å². The van der Waals surface area contributed by atoms with Crippen molar-refractivity contribution >= 4 is 81.3 Å². The summed E-state index contributed by atoms with van der Waals surface area (Å²) >= 11 is 1.88. The first kappa shape index (κ1) is 36.0. The van der Waals surface area contributed by atoms with Gasteiger partial charge in [0.05, 0.1) is 16.6 Å². The highest BCUT2D eigenvalue weighted by molar-refractivity contribution is 7.25. The van der Waals surface area contributed by atoms with E-state index in [0.29, 0.717) is 0 Å². The molecule has 0 amide bonds. The molecule has 0 saturated heterocycles. The fourth-order valence-electron chi connectivity index (χ4n) is 10.4. The Kier molecular flexibility index (Phi) is 7.82. The maximum absolute atomic E-state index is 2.48. The van der Waals surface area contributed by atoms with Gasteiger partial charge in [0.15, 0.2) is 0 Å². The molecule has 0 bridgehead atoms. The van der Waals surface area contributed by atoms with Gasteiger partial charge >= 0.3 is 0 Å². The SMILES string of the molecule is CC1(C)c2ccccc2-c2ccc(N(c3ccc(-c4ccccc4)cc3)c3ccc(-n4c5cc6sc7ccccc7c6cc5c5cc6ccn(-c7ccccc7)c6cc54)cc3)cc21. The monoisotopic (exact) mass is 823 g/mol. The second-order valence-electron chi connectivity index (χ2n) is 17.4. The van der Waals surface area contributed by atoms with Crippen molar-refractivity contribution in [3.63, 3.8) is 0 Å². The molecule has 1 aliphatic rings. The molecule has 1 aliphatic carbocycles. The van der Waals surface area contributed by atoms with Crippen LogP contribution < -0.4 is 4.90 Å². The zero-order valence-electron chi connectivity index (χ0n) is 35.0. The normalized spacial score (nSPS) is 13.0. The van der Waals surface area contributed by atoms with E-state index in [1.165, 1.54) is 86.3 Å². The lowest BCUT2D eigenvalue weighted by Gasteiger charge is -2.28. The number of aromatic nitrogens is 2. The van der Waals surface area contributed by atoms with Crippen molar-refractivity contribution in [2.45, 2.75) is 19.3 Å². The quantitative estimate of drug-likeness (QED) is 0.163. The summed E-state index contributed by atoms with van der Waals surface area (Å²) in [5, 5.41) is 6.38. The standard InChI is InChI=1S/C59H41N3S/c1-59(2)52-19-11-9-17-46(52)47-30-29-45(34-53(47)59)61(42-23-21-39(22-24-42)38-13-5-3-6-14-38)43-25-27-44(28-26-43)62-55-36-54-40(31-32-60(54)41-15-7-4-8-16-41)33-49(55)50-35-51-48-18-10-12-20-57(48)63-58(51)37-56(50)62/h3-37H,1-2H3. The summed E-state index contributed by atoms with van der Waals surface area (Å²) < 4.78 is 7.41. The van der Waals surface area contributed by atoms with E-state index in [2.05, 4.69) is 240 Å². The fourth-order valence-corrected chi connectivity index (χ4v) is 11.5. The summed E-state index contributed by atoms with van der Waals surface area (Å²) in [5.74, 6) is 0. The molecule has 63 heavy (non-hydrogen) atoms. The number of rotatable bonds is 6. The molecule has 0 aliphatic heterocycles. The van der Waals surface area contributed by atoms with Crippen LogP contribution >= 0.6 is 11.3 Å². The van der Waals surface area contributed by atoms with E-state index in [-0.39, 0.29) is 5.41 Å². The van der Waals surface area contributed by atoms with Crippen LogP contribution in [0.4, 0.5) is 17.1 Å². The highest BCUT2D eigenvalue weighted by Gasteiger charge is 2.35. The Hall–Kier alpha value is -7.66.